The van der Waals surface area contributed by atoms with Crippen LogP contribution in [-0.2, 0) is 29.1 Å². The predicted octanol–water partition coefficient (Wildman–Crippen LogP) is 0.349. The molecular weight excluding hydrogens is 342 g/mol. The van der Waals surface area contributed by atoms with Crippen molar-refractivity contribution in [3.63, 3.8) is 0 Å². The molecule has 24 heavy (non-hydrogen) atoms. The molecule has 0 N–H and O–H groups in total. The molecule has 0 spiro atoms. The highest BCUT2D eigenvalue weighted by Gasteiger charge is 2.32. The molecule has 9 nitrogen and oxygen atoms in total. The molecule has 1 fully saturated rings. The minimum absolute atomic E-state index is 0.0377. The molecule has 0 unspecified atom stereocenters. The zero-order valence-electron chi connectivity index (χ0n) is 13.3. The van der Waals surface area contributed by atoms with Gasteiger partial charge in [0.15, 0.2) is 0 Å². The van der Waals surface area contributed by atoms with Crippen LogP contribution in [-0.4, -0.2) is 58.8 Å². The summed E-state index contributed by atoms with van der Waals surface area (Å²) in [5.41, 5.74) is -0.0430. The number of hydroxylamine groups is 1. The van der Waals surface area contributed by atoms with Gasteiger partial charge >= 0.3 is 11.9 Å². The Bertz CT molecular complexity index is 745. The standard InChI is InChI=1S/C14H17NO8S/c1-15(21-3)24(18,19)12-8-9(4-5-10(12)20-2)13(16)23-11-6-7-22-14(11)17/h4-5,8,11H,6-7H2,1-3H3/t11-/m1/s1. The summed E-state index contributed by atoms with van der Waals surface area (Å²) >= 11 is 0. The largest absolute Gasteiger partial charge is 0.495 e. The summed E-state index contributed by atoms with van der Waals surface area (Å²) in [6, 6.07) is 3.76. The second kappa shape index (κ2) is 7.16. The van der Waals surface area contributed by atoms with Gasteiger partial charge in [0.05, 0.1) is 26.4 Å². The quantitative estimate of drug-likeness (QED) is 0.529. The van der Waals surface area contributed by atoms with Crippen molar-refractivity contribution in [2.45, 2.75) is 17.4 Å². The molecule has 1 atom stereocenters. The van der Waals surface area contributed by atoms with Crippen LogP contribution in [0.25, 0.3) is 0 Å². The average molecular weight is 359 g/mol. The van der Waals surface area contributed by atoms with Gasteiger partial charge in [0.25, 0.3) is 10.0 Å². The molecule has 1 aliphatic heterocycles. The van der Waals surface area contributed by atoms with E-state index in [2.05, 4.69) is 0 Å². The Morgan fingerprint density at radius 2 is 2.04 bits per heavy atom. The normalized spacial score (nSPS) is 17.7. The number of rotatable bonds is 6. The Morgan fingerprint density at radius 1 is 1.33 bits per heavy atom. The van der Waals surface area contributed by atoms with Crippen LogP contribution in [0.3, 0.4) is 0 Å². The number of methoxy groups -OCH3 is 1. The molecular formula is C14H17NO8S. The number of hydrogen-bond acceptors (Lipinski definition) is 8. The second-order valence-corrected chi connectivity index (χ2v) is 6.72. The third kappa shape index (κ3) is 3.50. The van der Waals surface area contributed by atoms with Gasteiger partial charge < -0.3 is 14.2 Å². The maximum absolute atomic E-state index is 12.4. The van der Waals surface area contributed by atoms with Crippen LogP contribution in [0, 0.1) is 0 Å². The molecule has 1 saturated heterocycles. The van der Waals surface area contributed by atoms with Crippen molar-refractivity contribution in [1.29, 1.82) is 0 Å². The Kier molecular flexibility index (Phi) is 5.42. The highest BCUT2D eigenvalue weighted by atomic mass is 32.2. The highest BCUT2D eigenvalue weighted by Crippen LogP contribution is 2.28. The van der Waals surface area contributed by atoms with E-state index >= 15 is 0 Å². The number of sulfonamides is 1. The van der Waals surface area contributed by atoms with E-state index in [-0.39, 0.29) is 29.2 Å². The molecule has 10 heteroatoms. The summed E-state index contributed by atoms with van der Waals surface area (Å²) in [5, 5.41) is 0. The summed E-state index contributed by atoms with van der Waals surface area (Å²) < 4.78 is 40.2. The third-order valence-electron chi connectivity index (χ3n) is 3.41. The van der Waals surface area contributed by atoms with Crippen molar-refractivity contribution in [3.8, 4) is 5.75 Å². The van der Waals surface area contributed by atoms with Crippen LogP contribution < -0.4 is 4.74 Å². The van der Waals surface area contributed by atoms with Crippen LogP contribution in [0.4, 0.5) is 0 Å². The summed E-state index contributed by atoms with van der Waals surface area (Å²) in [6.07, 6.45) is -0.723. The minimum atomic E-state index is -4.04. The first kappa shape index (κ1) is 18.2. The van der Waals surface area contributed by atoms with E-state index in [0.29, 0.717) is 4.47 Å². The summed E-state index contributed by atoms with van der Waals surface area (Å²) in [4.78, 5) is 27.9. The lowest BCUT2D eigenvalue weighted by Crippen LogP contribution is -2.27. The summed E-state index contributed by atoms with van der Waals surface area (Å²) in [7, 11) is -0.349. The molecule has 0 aromatic heterocycles. The van der Waals surface area contributed by atoms with E-state index in [4.69, 9.17) is 19.0 Å². The minimum Gasteiger partial charge on any atom is -0.495 e. The Labute approximate surface area is 139 Å². The summed E-state index contributed by atoms with van der Waals surface area (Å²) in [6.45, 7) is 0.178. The Morgan fingerprint density at radius 3 is 2.58 bits per heavy atom. The molecule has 0 saturated carbocycles. The second-order valence-electron chi connectivity index (χ2n) is 4.81. The van der Waals surface area contributed by atoms with E-state index in [1.807, 2.05) is 0 Å². The maximum atomic E-state index is 12.4. The smallest absolute Gasteiger partial charge is 0.347 e. The van der Waals surface area contributed by atoms with Gasteiger partial charge in [-0.3, -0.25) is 4.84 Å². The first-order chi connectivity index (χ1) is 11.3. The fourth-order valence-corrected chi connectivity index (χ4v) is 3.18. The highest BCUT2D eigenvalue weighted by molar-refractivity contribution is 7.89. The summed E-state index contributed by atoms with van der Waals surface area (Å²) in [5.74, 6) is -1.42. The molecule has 0 aliphatic carbocycles. The van der Waals surface area contributed by atoms with Crippen molar-refractivity contribution in [2.75, 3.05) is 27.9 Å². The van der Waals surface area contributed by atoms with Gasteiger partial charge in [-0.25, -0.2) is 18.0 Å². The SMILES string of the molecule is COc1ccc(C(=O)O[C@@H]2CCOC2=O)cc1S(=O)(=O)N(C)OC. The van der Waals surface area contributed by atoms with Gasteiger partial charge in [0.2, 0.25) is 6.10 Å². The number of benzene rings is 1. The number of hydrogen-bond donors (Lipinski definition) is 0. The predicted molar refractivity (Wildman–Crippen MR) is 79.7 cm³/mol. The van der Waals surface area contributed by atoms with Crippen molar-refractivity contribution in [1.82, 2.24) is 4.47 Å². The first-order valence-electron chi connectivity index (χ1n) is 6.90. The Hall–Kier alpha value is -2.17. The molecule has 2 rings (SSSR count). The van der Waals surface area contributed by atoms with Gasteiger partial charge in [-0.1, -0.05) is 4.47 Å². The van der Waals surface area contributed by atoms with Gasteiger partial charge in [0.1, 0.15) is 10.6 Å². The Balaban J connectivity index is 2.34. The van der Waals surface area contributed by atoms with Crippen LogP contribution in [0.2, 0.25) is 0 Å². The van der Waals surface area contributed by atoms with E-state index in [1.54, 1.807) is 0 Å². The van der Waals surface area contributed by atoms with E-state index in [1.165, 1.54) is 33.4 Å². The lowest BCUT2D eigenvalue weighted by Gasteiger charge is -2.17. The van der Waals surface area contributed by atoms with Crippen LogP contribution in [0.1, 0.15) is 16.8 Å². The van der Waals surface area contributed by atoms with Crippen molar-refractivity contribution >= 4 is 22.0 Å². The van der Waals surface area contributed by atoms with Gasteiger partial charge in [-0.05, 0) is 18.2 Å². The number of carbonyl (C=O) groups excluding carboxylic acids is 2. The van der Waals surface area contributed by atoms with E-state index < -0.39 is 28.1 Å². The lowest BCUT2D eigenvalue weighted by molar-refractivity contribution is -0.145. The fraction of sp³-hybridized carbons (Fsp3) is 0.429. The molecule has 1 aromatic carbocycles. The number of esters is 2. The fourth-order valence-electron chi connectivity index (χ4n) is 2.02. The van der Waals surface area contributed by atoms with Crippen LogP contribution in [0.5, 0.6) is 5.75 Å². The maximum Gasteiger partial charge on any atom is 0.347 e. The van der Waals surface area contributed by atoms with Gasteiger partial charge in [-0.15, -0.1) is 0 Å². The van der Waals surface area contributed by atoms with E-state index in [9.17, 15) is 18.0 Å². The molecule has 0 bridgehead atoms. The topological polar surface area (TPSA) is 108 Å². The number of cyclic esters (lactones) is 1. The number of ether oxygens (including phenoxy) is 3. The van der Waals surface area contributed by atoms with Crippen molar-refractivity contribution < 1.29 is 37.1 Å². The number of carbonyl (C=O) groups is 2. The number of nitrogens with zero attached hydrogens (tertiary/aromatic N) is 1. The molecule has 1 aliphatic rings. The monoisotopic (exact) mass is 359 g/mol. The first-order valence-corrected chi connectivity index (χ1v) is 8.34. The van der Waals surface area contributed by atoms with Crippen molar-refractivity contribution in [2.24, 2.45) is 0 Å². The average Bonchev–Trinajstić information content (AvgIpc) is 2.98. The van der Waals surface area contributed by atoms with Gasteiger partial charge in [-0.2, -0.15) is 0 Å². The van der Waals surface area contributed by atoms with Crippen LogP contribution >= 0.6 is 0 Å². The molecule has 0 amide bonds. The molecule has 0 radical (unpaired) electrons. The molecule has 1 aromatic rings. The third-order valence-corrected chi connectivity index (χ3v) is 5.11. The molecule has 1 heterocycles. The zero-order valence-corrected chi connectivity index (χ0v) is 14.2. The van der Waals surface area contributed by atoms with E-state index in [0.717, 1.165) is 6.07 Å². The van der Waals surface area contributed by atoms with Gasteiger partial charge in [0, 0.05) is 13.5 Å². The zero-order chi connectivity index (χ0) is 17.9. The van der Waals surface area contributed by atoms with Crippen LogP contribution in [0.15, 0.2) is 23.1 Å². The van der Waals surface area contributed by atoms with Crippen molar-refractivity contribution in [3.05, 3.63) is 23.8 Å². The lowest BCUT2D eigenvalue weighted by atomic mass is 10.2. The molecule has 132 valence electrons.